The lowest BCUT2D eigenvalue weighted by atomic mass is 9.97. The minimum absolute atomic E-state index is 0.00192. The zero-order valence-corrected chi connectivity index (χ0v) is 21.5. The zero-order chi connectivity index (χ0) is 24.3. The van der Waals surface area contributed by atoms with Gasteiger partial charge < -0.3 is 5.32 Å². The molecule has 180 valence electrons. The van der Waals surface area contributed by atoms with E-state index in [1.54, 1.807) is 17.4 Å². The lowest BCUT2D eigenvalue weighted by Crippen LogP contribution is -2.43. The Kier molecular flexibility index (Phi) is 7.50. The molecule has 1 aromatic heterocycles. The predicted molar refractivity (Wildman–Crippen MR) is 136 cm³/mol. The van der Waals surface area contributed by atoms with Gasteiger partial charge in [0.1, 0.15) is 5.01 Å². The van der Waals surface area contributed by atoms with Crippen LogP contribution in [0.4, 0.5) is 0 Å². The maximum absolute atomic E-state index is 13.2. The van der Waals surface area contributed by atoms with Crippen LogP contribution in [0.15, 0.2) is 52.7 Å². The number of carbonyl (C=O) groups excluding carboxylic acids is 1. The number of piperidine rings is 1. The van der Waals surface area contributed by atoms with E-state index in [-0.39, 0.29) is 11.8 Å². The van der Waals surface area contributed by atoms with Crippen molar-refractivity contribution in [2.75, 3.05) is 19.6 Å². The molecule has 8 heteroatoms. The largest absolute Gasteiger partial charge is 0.355 e. The second-order valence-electron chi connectivity index (χ2n) is 8.93. The van der Waals surface area contributed by atoms with Crippen molar-refractivity contribution in [3.8, 4) is 10.6 Å². The van der Waals surface area contributed by atoms with Gasteiger partial charge in [-0.1, -0.05) is 36.4 Å². The molecule has 4 rings (SSSR count). The summed E-state index contributed by atoms with van der Waals surface area (Å²) in [5.41, 5.74) is 4.88. The topological polar surface area (TPSA) is 79.4 Å². The van der Waals surface area contributed by atoms with E-state index in [1.807, 2.05) is 62.5 Å². The van der Waals surface area contributed by atoms with Gasteiger partial charge in [0.2, 0.25) is 15.9 Å². The van der Waals surface area contributed by atoms with Gasteiger partial charge in [-0.2, -0.15) is 4.31 Å². The molecule has 1 aliphatic heterocycles. The van der Waals surface area contributed by atoms with Crippen molar-refractivity contribution >= 4 is 27.3 Å². The fourth-order valence-electron chi connectivity index (χ4n) is 4.30. The number of thiazole rings is 1. The molecule has 2 aromatic carbocycles. The highest BCUT2D eigenvalue weighted by molar-refractivity contribution is 7.89. The highest BCUT2D eigenvalue weighted by Gasteiger charge is 2.33. The molecule has 3 aromatic rings. The summed E-state index contributed by atoms with van der Waals surface area (Å²) < 4.78 is 27.9. The van der Waals surface area contributed by atoms with Crippen LogP contribution in [0.3, 0.4) is 0 Å². The molecule has 1 N–H and O–H groups in total. The molecule has 2 heterocycles. The monoisotopic (exact) mass is 497 g/mol. The van der Waals surface area contributed by atoms with Gasteiger partial charge in [-0.25, -0.2) is 13.4 Å². The first-order valence-corrected chi connectivity index (χ1v) is 13.9. The molecule has 0 bridgehead atoms. The number of carbonyl (C=O) groups is 1. The van der Waals surface area contributed by atoms with E-state index in [0.29, 0.717) is 43.8 Å². The van der Waals surface area contributed by atoms with E-state index in [1.165, 1.54) is 4.31 Å². The molecule has 1 amide bonds. The number of hydrogen-bond acceptors (Lipinski definition) is 5. The normalized spacial score (nSPS) is 15.4. The third kappa shape index (κ3) is 5.40. The summed E-state index contributed by atoms with van der Waals surface area (Å²) in [5, 5.41) is 6.03. The van der Waals surface area contributed by atoms with Crippen molar-refractivity contribution in [1.29, 1.82) is 0 Å². The summed E-state index contributed by atoms with van der Waals surface area (Å²) in [6.45, 7) is 7.00. The van der Waals surface area contributed by atoms with E-state index in [9.17, 15) is 13.2 Å². The molecular formula is C26H31N3O3S2. The van der Waals surface area contributed by atoms with Gasteiger partial charge in [0.05, 0.1) is 10.6 Å². The lowest BCUT2D eigenvalue weighted by molar-refractivity contribution is -0.126. The molecular weight excluding hydrogens is 466 g/mol. The summed E-state index contributed by atoms with van der Waals surface area (Å²) in [7, 11) is -3.56. The van der Waals surface area contributed by atoms with Gasteiger partial charge in [0, 0.05) is 42.9 Å². The van der Waals surface area contributed by atoms with Crippen LogP contribution in [0.2, 0.25) is 0 Å². The van der Waals surface area contributed by atoms with Gasteiger partial charge in [-0.15, -0.1) is 11.3 Å². The maximum Gasteiger partial charge on any atom is 0.243 e. The van der Waals surface area contributed by atoms with Crippen LogP contribution < -0.4 is 5.32 Å². The second kappa shape index (κ2) is 10.4. The number of aromatic nitrogens is 1. The van der Waals surface area contributed by atoms with Gasteiger partial charge >= 0.3 is 0 Å². The third-order valence-electron chi connectivity index (χ3n) is 6.49. The van der Waals surface area contributed by atoms with Crippen molar-refractivity contribution in [2.45, 2.75) is 44.9 Å². The maximum atomic E-state index is 13.2. The van der Waals surface area contributed by atoms with E-state index < -0.39 is 10.0 Å². The Hall–Kier alpha value is -2.55. The van der Waals surface area contributed by atoms with Crippen LogP contribution in [0.5, 0.6) is 0 Å². The fraction of sp³-hybridized carbons (Fsp3) is 0.385. The van der Waals surface area contributed by atoms with Crippen LogP contribution in [0.1, 0.15) is 35.2 Å². The molecule has 34 heavy (non-hydrogen) atoms. The summed E-state index contributed by atoms with van der Waals surface area (Å²) >= 11 is 1.61. The first-order chi connectivity index (χ1) is 16.3. The number of nitrogens with one attached hydrogen (secondary N) is 1. The Bertz CT molecular complexity index is 1260. The molecule has 0 atom stereocenters. The highest BCUT2D eigenvalue weighted by atomic mass is 32.2. The van der Waals surface area contributed by atoms with Crippen molar-refractivity contribution in [2.24, 2.45) is 5.92 Å². The predicted octanol–water partition coefficient (Wildman–Crippen LogP) is 4.49. The number of sulfonamides is 1. The Morgan fingerprint density at radius 1 is 1.06 bits per heavy atom. The van der Waals surface area contributed by atoms with Crippen LogP contribution in [-0.4, -0.2) is 43.2 Å². The Balaban J connectivity index is 1.28. The lowest BCUT2D eigenvalue weighted by Gasteiger charge is -2.31. The fourth-order valence-corrected chi connectivity index (χ4v) is 6.92. The minimum Gasteiger partial charge on any atom is -0.355 e. The molecule has 0 aliphatic carbocycles. The van der Waals surface area contributed by atoms with Crippen molar-refractivity contribution in [1.82, 2.24) is 14.6 Å². The number of rotatable bonds is 7. The van der Waals surface area contributed by atoms with E-state index in [2.05, 4.69) is 10.3 Å². The summed E-state index contributed by atoms with van der Waals surface area (Å²) in [5.74, 6) is -0.166. The molecule has 1 aliphatic rings. The second-order valence-corrected chi connectivity index (χ2v) is 11.7. The van der Waals surface area contributed by atoms with Gasteiger partial charge in [-0.05, 0) is 56.4 Å². The number of benzene rings is 2. The standard InChI is InChI=1S/C26H31N3O3S2/c1-18-15-20(3)24(16-19(18)2)34(31,32)29-13-10-21(11-14-29)25(30)27-12-9-23-17-33-26(28-23)22-7-5-4-6-8-22/h4-8,15-17,21H,9-14H2,1-3H3,(H,27,30). The number of nitrogens with zero attached hydrogens (tertiary/aromatic N) is 2. The van der Waals surface area contributed by atoms with E-state index in [4.69, 9.17) is 0 Å². The summed E-state index contributed by atoms with van der Waals surface area (Å²) in [6.07, 6.45) is 1.74. The smallest absolute Gasteiger partial charge is 0.243 e. The molecule has 0 spiro atoms. The Morgan fingerprint density at radius 3 is 2.44 bits per heavy atom. The van der Waals surface area contributed by atoms with Crippen LogP contribution in [0, 0.1) is 26.7 Å². The van der Waals surface area contributed by atoms with Crippen LogP contribution in [0.25, 0.3) is 10.6 Å². The van der Waals surface area contributed by atoms with Crippen molar-refractivity contribution in [3.05, 3.63) is 70.2 Å². The third-order valence-corrected chi connectivity index (χ3v) is 9.47. The highest BCUT2D eigenvalue weighted by Crippen LogP contribution is 2.28. The average Bonchev–Trinajstić information content (AvgIpc) is 3.31. The SMILES string of the molecule is Cc1cc(C)c(S(=O)(=O)N2CCC(C(=O)NCCc3csc(-c4ccccc4)n3)CC2)cc1C. The van der Waals surface area contributed by atoms with Gasteiger partial charge in [-0.3, -0.25) is 4.79 Å². The van der Waals surface area contributed by atoms with Crippen molar-refractivity contribution in [3.63, 3.8) is 0 Å². The molecule has 0 saturated carbocycles. The van der Waals surface area contributed by atoms with Crippen molar-refractivity contribution < 1.29 is 13.2 Å². The number of amides is 1. The number of aryl methyl sites for hydroxylation is 3. The minimum atomic E-state index is -3.56. The van der Waals surface area contributed by atoms with Crippen LogP contribution in [-0.2, 0) is 21.2 Å². The molecule has 0 radical (unpaired) electrons. The summed E-state index contributed by atoms with van der Waals surface area (Å²) in [4.78, 5) is 17.7. The summed E-state index contributed by atoms with van der Waals surface area (Å²) in [6, 6.07) is 13.7. The van der Waals surface area contributed by atoms with Crippen LogP contribution >= 0.6 is 11.3 Å². The average molecular weight is 498 g/mol. The van der Waals surface area contributed by atoms with E-state index >= 15 is 0 Å². The molecule has 0 unspecified atom stereocenters. The number of hydrogen-bond donors (Lipinski definition) is 1. The molecule has 1 saturated heterocycles. The Morgan fingerprint density at radius 2 is 1.74 bits per heavy atom. The Labute approximate surface area is 206 Å². The van der Waals surface area contributed by atoms with Gasteiger partial charge in [0.25, 0.3) is 0 Å². The van der Waals surface area contributed by atoms with E-state index in [0.717, 1.165) is 33.0 Å². The first-order valence-electron chi connectivity index (χ1n) is 11.6. The zero-order valence-electron chi connectivity index (χ0n) is 19.9. The quantitative estimate of drug-likeness (QED) is 0.521. The first kappa shape index (κ1) is 24.6. The van der Waals surface area contributed by atoms with Gasteiger partial charge in [0.15, 0.2) is 0 Å². The molecule has 1 fully saturated rings. The molecule has 6 nitrogen and oxygen atoms in total.